The average Bonchev–Trinajstić information content (AvgIpc) is 3.11. The van der Waals surface area contributed by atoms with Crippen molar-refractivity contribution in [1.82, 2.24) is 5.32 Å². The maximum atomic E-state index is 14.9. The lowest BCUT2D eigenvalue weighted by Crippen LogP contribution is -2.35. The Labute approximate surface area is 321 Å². The third-order valence-corrected chi connectivity index (χ3v) is 8.46. The molecule has 0 aliphatic heterocycles. The Morgan fingerprint density at radius 1 is 0.679 bits per heavy atom. The molecule has 0 fully saturated rings. The summed E-state index contributed by atoms with van der Waals surface area (Å²) < 4.78 is 167. The highest BCUT2D eigenvalue weighted by Crippen LogP contribution is 2.42. The van der Waals surface area contributed by atoms with Gasteiger partial charge in [0.15, 0.2) is 11.5 Å². The minimum atomic E-state index is -5.28. The Hall–Kier alpha value is -4.90. The maximum absolute atomic E-state index is 14.9. The predicted molar refractivity (Wildman–Crippen MR) is 187 cm³/mol. The van der Waals surface area contributed by atoms with Gasteiger partial charge in [0.2, 0.25) is 5.75 Å². The molecule has 18 heteroatoms. The van der Waals surface area contributed by atoms with Gasteiger partial charge in [0.1, 0.15) is 17.7 Å². The topological polar surface area (TPSA) is 75.3 Å². The van der Waals surface area contributed by atoms with Crippen molar-refractivity contribution in [2.75, 3.05) is 21.3 Å². The number of ether oxygens (including phenoxy) is 5. The van der Waals surface area contributed by atoms with Gasteiger partial charge in [-0.15, -0.1) is 12.4 Å². The Morgan fingerprint density at radius 3 is 1.70 bits per heavy atom. The van der Waals surface area contributed by atoms with Crippen molar-refractivity contribution in [1.29, 1.82) is 0 Å². The van der Waals surface area contributed by atoms with E-state index in [2.05, 4.69) is 5.32 Å². The molecule has 0 aliphatic rings. The highest BCUT2D eigenvalue weighted by Gasteiger charge is 2.39. The highest BCUT2D eigenvalue weighted by atomic mass is 35.5. The normalized spacial score (nSPS) is 13.1. The van der Waals surface area contributed by atoms with E-state index in [4.69, 9.17) is 23.7 Å². The van der Waals surface area contributed by atoms with Crippen LogP contribution >= 0.6 is 12.4 Å². The number of halogens is 11. The van der Waals surface area contributed by atoms with Crippen molar-refractivity contribution >= 4 is 18.6 Å². The molecule has 0 bridgehead atoms. The monoisotopic (exact) mass is 827 g/mol. The fourth-order valence-corrected chi connectivity index (χ4v) is 5.68. The molecule has 0 aromatic heterocycles. The number of hydrogen-bond donors (Lipinski definition) is 1. The Kier molecular flexibility index (Phi) is 14.6. The van der Waals surface area contributed by atoms with Crippen molar-refractivity contribution in [3.05, 3.63) is 106 Å². The number of alkyl halides is 9. The van der Waals surface area contributed by atoms with Gasteiger partial charge in [0, 0.05) is 24.2 Å². The quantitative estimate of drug-likeness (QED) is 0.0866. The summed E-state index contributed by atoms with van der Waals surface area (Å²) in [5.74, 6) is -1.46. The summed E-state index contributed by atoms with van der Waals surface area (Å²) in [6.45, 7) is 4.08. The summed E-state index contributed by atoms with van der Waals surface area (Å²) in [5.41, 5.74) is -4.86. The molecule has 4 aromatic rings. The number of methoxy groups -OCH3 is 3. The first-order valence-electron chi connectivity index (χ1n) is 16.3. The molecule has 0 saturated carbocycles. The van der Waals surface area contributed by atoms with E-state index in [1.165, 1.54) is 52.5 Å². The van der Waals surface area contributed by atoms with Gasteiger partial charge in [-0.3, -0.25) is 0 Å². The second-order valence-corrected chi connectivity index (χ2v) is 12.5. The third-order valence-electron chi connectivity index (χ3n) is 8.46. The Morgan fingerprint density at radius 2 is 1.21 bits per heavy atom. The van der Waals surface area contributed by atoms with Crippen LogP contribution in [0.1, 0.15) is 66.2 Å². The largest absolute Gasteiger partial charge is 0.514 e. The molecule has 7 nitrogen and oxygen atoms in total. The number of hydrogen-bond acceptors (Lipinski definition) is 7. The van der Waals surface area contributed by atoms with Crippen LogP contribution in [0.25, 0.3) is 11.1 Å². The van der Waals surface area contributed by atoms with Gasteiger partial charge in [-0.1, -0.05) is 26.0 Å². The molecule has 0 amide bonds. The number of carbonyl (C=O) groups excluding carboxylic acids is 1. The molecule has 56 heavy (non-hydrogen) atoms. The number of rotatable bonds is 12. The van der Waals surface area contributed by atoms with Gasteiger partial charge in [0.25, 0.3) is 0 Å². The van der Waals surface area contributed by atoms with Crippen LogP contribution in [-0.4, -0.2) is 33.5 Å². The van der Waals surface area contributed by atoms with Crippen LogP contribution in [0.2, 0.25) is 0 Å². The molecule has 0 saturated heterocycles. The van der Waals surface area contributed by atoms with Crippen LogP contribution < -0.4 is 24.3 Å². The van der Waals surface area contributed by atoms with Crippen molar-refractivity contribution in [2.24, 2.45) is 0 Å². The van der Waals surface area contributed by atoms with E-state index in [9.17, 15) is 48.7 Å². The summed E-state index contributed by atoms with van der Waals surface area (Å²) in [6.07, 6.45) is -19.0. The van der Waals surface area contributed by atoms with Crippen LogP contribution in [-0.2, 0) is 29.8 Å². The summed E-state index contributed by atoms with van der Waals surface area (Å²) in [7, 11) is 3.66. The predicted octanol–water partition coefficient (Wildman–Crippen LogP) is 11.6. The van der Waals surface area contributed by atoms with Gasteiger partial charge in [-0.25, -0.2) is 9.18 Å². The molecule has 0 radical (unpaired) electrons. The van der Waals surface area contributed by atoms with Gasteiger partial charge < -0.3 is 29.0 Å². The zero-order valence-corrected chi connectivity index (χ0v) is 31.2. The lowest BCUT2D eigenvalue weighted by atomic mass is 9.92. The van der Waals surface area contributed by atoms with E-state index in [1.54, 1.807) is 13.8 Å². The van der Waals surface area contributed by atoms with Crippen molar-refractivity contribution in [3.8, 4) is 34.1 Å². The molecule has 0 spiro atoms. The van der Waals surface area contributed by atoms with Crippen molar-refractivity contribution in [3.63, 3.8) is 0 Å². The number of para-hydroxylation sites is 1. The summed E-state index contributed by atoms with van der Waals surface area (Å²) >= 11 is 0. The van der Waals surface area contributed by atoms with Gasteiger partial charge in [0.05, 0.1) is 38.0 Å². The molecule has 0 unspecified atom stereocenters. The van der Waals surface area contributed by atoms with E-state index in [1.807, 2.05) is 0 Å². The minimum absolute atomic E-state index is 0. The fourth-order valence-electron chi connectivity index (χ4n) is 5.68. The van der Waals surface area contributed by atoms with Crippen LogP contribution in [0.5, 0.6) is 23.0 Å². The first-order chi connectivity index (χ1) is 25.6. The Bertz CT molecular complexity index is 1950. The highest BCUT2D eigenvalue weighted by molar-refractivity contribution is 5.85. The molecule has 0 aliphatic carbocycles. The van der Waals surface area contributed by atoms with E-state index in [0.717, 1.165) is 24.3 Å². The van der Waals surface area contributed by atoms with Gasteiger partial charge in [-0.05, 0) is 83.6 Å². The molecular formula is C38H36ClF10NO6. The van der Waals surface area contributed by atoms with Crippen LogP contribution in [0.3, 0.4) is 0 Å². The first-order valence-corrected chi connectivity index (χ1v) is 16.3. The number of benzene rings is 4. The number of nitrogens with one attached hydrogen (secondary N) is 1. The van der Waals surface area contributed by atoms with Crippen molar-refractivity contribution in [2.45, 2.75) is 63.9 Å². The lowest BCUT2D eigenvalue weighted by molar-refractivity contribution is -0.143. The summed E-state index contributed by atoms with van der Waals surface area (Å²) in [5, 5.41) is 2.78. The van der Waals surface area contributed by atoms with Gasteiger partial charge >= 0.3 is 24.7 Å². The van der Waals surface area contributed by atoms with Crippen LogP contribution in [0.15, 0.2) is 66.7 Å². The van der Waals surface area contributed by atoms with E-state index >= 15 is 0 Å². The fraction of sp³-hybridized carbons (Fsp3) is 0.342. The van der Waals surface area contributed by atoms with Crippen LogP contribution in [0, 0.1) is 5.82 Å². The van der Waals surface area contributed by atoms with E-state index in [-0.39, 0.29) is 69.6 Å². The zero-order chi connectivity index (χ0) is 41.0. The van der Waals surface area contributed by atoms with Crippen LogP contribution in [0.4, 0.5) is 48.7 Å². The molecular weight excluding hydrogens is 792 g/mol. The molecule has 306 valence electrons. The SMILES string of the molecule is COc1cc(F)c(C(C)C)cc1-c1ccc(C(F)(F)F)cc1CN[C@@H](C)[C@H](OC(=O)Oc1c(OC)cccc1OC)c1cc(C(F)(F)F)cc(C(F)(F)F)c1.Cl. The number of carbonyl (C=O) groups is 1. The summed E-state index contributed by atoms with van der Waals surface area (Å²) in [6, 6.07) is 8.52. The molecule has 1 N–H and O–H groups in total. The first kappa shape index (κ1) is 45.5. The zero-order valence-electron chi connectivity index (χ0n) is 30.4. The maximum Gasteiger partial charge on any atom is 0.514 e. The molecule has 0 heterocycles. The smallest absolute Gasteiger partial charge is 0.496 e. The minimum Gasteiger partial charge on any atom is -0.496 e. The average molecular weight is 828 g/mol. The second-order valence-electron chi connectivity index (χ2n) is 12.5. The van der Waals surface area contributed by atoms with E-state index in [0.29, 0.717) is 12.1 Å². The molecule has 4 aromatic carbocycles. The van der Waals surface area contributed by atoms with Crippen molar-refractivity contribution < 1.29 is 72.4 Å². The molecule has 2 atom stereocenters. The standard InChI is InChI=1S/C38H35F10NO6.ClH/c1-19(2)27-16-28(32(53-6)17-29(27)39)26-11-10-23(36(40,41)42)14-22(26)18-49-20(3)33(21-12-24(37(43,44)45)15-25(13-21)38(46,47)48)54-35(50)55-34-30(51-4)8-7-9-31(34)52-5;/h7-17,19-20,33,49H,18H2,1-6H3;1H/t20-,33-;/m0./s1. The third kappa shape index (κ3) is 10.7. The Balaban J connectivity index is 0.00000841. The summed E-state index contributed by atoms with van der Waals surface area (Å²) in [4.78, 5) is 13.3. The van der Waals surface area contributed by atoms with E-state index < -0.39 is 71.4 Å². The van der Waals surface area contributed by atoms with Gasteiger partial charge in [-0.2, -0.15) is 39.5 Å². The second kappa shape index (κ2) is 17.9. The molecule has 4 rings (SSSR count). The lowest BCUT2D eigenvalue weighted by Gasteiger charge is -2.27.